The number of nitrogens with zero attached hydrogens (tertiary/aromatic N) is 1. The van der Waals surface area contributed by atoms with Crippen molar-refractivity contribution in [2.45, 2.75) is 38.3 Å². The van der Waals surface area contributed by atoms with Crippen LogP contribution in [0.3, 0.4) is 0 Å². The molecule has 128 valence electrons. The molecule has 3 heteroatoms. The van der Waals surface area contributed by atoms with Crippen molar-refractivity contribution in [1.29, 1.82) is 0 Å². The summed E-state index contributed by atoms with van der Waals surface area (Å²) < 4.78 is 6.24. The smallest absolute Gasteiger partial charge is 0.122 e. The summed E-state index contributed by atoms with van der Waals surface area (Å²) in [5.41, 5.74) is 8.36. The molecule has 3 nitrogen and oxygen atoms in total. The Balaban J connectivity index is 1.61. The highest BCUT2D eigenvalue weighted by Crippen LogP contribution is 2.27. The van der Waals surface area contributed by atoms with Crippen LogP contribution in [0.2, 0.25) is 0 Å². The van der Waals surface area contributed by atoms with E-state index in [9.17, 15) is 0 Å². The zero-order chi connectivity index (χ0) is 16.6. The molecule has 0 aliphatic carbocycles. The molecule has 0 fully saturated rings. The van der Waals surface area contributed by atoms with Gasteiger partial charge < -0.3 is 10.5 Å². The van der Waals surface area contributed by atoms with Gasteiger partial charge in [-0.2, -0.15) is 0 Å². The molecule has 2 aromatic rings. The molecule has 1 aliphatic rings. The van der Waals surface area contributed by atoms with Gasteiger partial charge in [0.25, 0.3) is 0 Å². The number of ether oxygens (including phenoxy) is 1. The van der Waals surface area contributed by atoms with E-state index in [2.05, 4.69) is 59.5 Å². The second kappa shape index (κ2) is 8.86. The molecule has 0 aromatic heterocycles. The highest BCUT2D eigenvalue weighted by molar-refractivity contribution is 5.35. The van der Waals surface area contributed by atoms with E-state index >= 15 is 0 Å². The maximum Gasteiger partial charge on any atom is 0.122 e. The second-order valence-corrected chi connectivity index (χ2v) is 6.60. The largest absolute Gasteiger partial charge is 0.489 e. The zero-order valence-electron chi connectivity index (χ0n) is 14.4. The number of hydrogen-bond acceptors (Lipinski definition) is 3. The SMILES string of the molecule is NCCCCN(Cc1ccccc1)CC1CCc2ccccc2O1. The van der Waals surface area contributed by atoms with Gasteiger partial charge in [-0.15, -0.1) is 0 Å². The number of nitrogens with two attached hydrogens (primary N) is 1. The van der Waals surface area contributed by atoms with Gasteiger partial charge in [0.15, 0.2) is 0 Å². The highest BCUT2D eigenvalue weighted by atomic mass is 16.5. The number of rotatable bonds is 8. The second-order valence-electron chi connectivity index (χ2n) is 6.60. The Morgan fingerprint density at radius 1 is 1.00 bits per heavy atom. The first-order chi connectivity index (χ1) is 11.8. The summed E-state index contributed by atoms with van der Waals surface area (Å²) in [5.74, 6) is 1.07. The molecule has 1 unspecified atom stereocenters. The minimum absolute atomic E-state index is 0.279. The lowest BCUT2D eigenvalue weighted by Gasteiger charge is -2.31. The normalized spacial score (nSPS) is 16.7. The molecule has 0 spiro atoms. The van der Waals surface area contributed by atoms with Crippen LogP contribution in [0.25, 0.3) is 0 Å². The lowest BCUT2D eigenvalue weighted by molar-refractivity contribution is 0.109. The number of benzene rings is 2. The average Bonchev–Trinajstić information content (AvgIpc) is 2.62. The van der Waals surface area contributed by atoms with E-state index in [1.165, 1.54) is 11.1 Å². The Kier molecular flexibility index (Phi) is 6.27. The van der Waals surface area contributed by atoms with Gasteiger partial charge in [0.2, 0.25) is 0 Å². The van der Waals surface area contributed by atoms with Crippen LogP contribution in [0, 0.1) is 0 Å². The lowest BCUT2D eigenvalue weighted by Crippen LogP contribution is -2.38. The molecular formula is C21H28N2O. The Hall–Kier alpha value is -1.84. The van der Waals surface area contributed by atoms with Crippen molar-refractivity contribution >= 4 is 0 Å². The van der Waals surface area contributed by atoms with Gasteiger partial charge in [-0.1, -0.05) is 48.5 Å². The molecular weight excluding hydrogens is 296 g/mol. The average molecular weight is 324 g/mol. The van der Waals surface area contributed by atoms with Gasteiger partial charge in [0, 0.05) is 13.1 Å². The molecule has 3 rings (SSSR count). The summed E-state index contributed by atoms with van der Waals surface area (Å²) in [7, 11) is 0. The molecule has 0 bridgehead atoms. The number of para-hydroxylation sites is 1. The van der Waals surface area contributed by atoms with Crippen molar-refractivity contribution < 1.29 is 4.74 Å². The van der Waals surface area contributed by atoms with Gasteiger partial charge in [-0.25, -0.2) is 0 Å². The first-order valence-electron chi connectivity index (χ1n) is 9.06. The fourth-order valence-electron chi connectivity index (χ4n) is 3.35. The molecule has 0 saturated heterocycles. The predicted octanol–water partition coefficient (Wildman–Crippen LogP) is 3.62. The van der Waals surface area contributed by atoms with E-state index in [4.69, 9.17) is 10.5 Å². The Morgan fingerprint density at radius 2 is 1.79 bits per heavy atom. The fraction of sp³-hybridized carbons (Fsp3) is 0.429. The van der Waals surface area contributed by atoms with Crippen LogP contribution in [-0.4, -0.2) is 30.6 Å². The van der Waals surface area contributed by atoms with E-state index in [0.717, 1.165) is 57.6 Å². The summed E-state index contributed by atoms with van der Waals surface area (Å²) in [6.07, 6.45) is 4.72. The minimum atomic E-state index is 0.279. The summed E-state index contributed by atoms with van der Waals surface area (Å²) in [6, 6.07) is 19.1. The molecule has 24 heavy (non-hydrogen) atoms. The quantitative estimate of drug-likeness (QED) is 0.754. The zero-order valence-corrected chi connectivity index (χ0v) is 14.4. The van der Waals surface area contributed by atoms with Crippen LogP contribution < -0.4 is 10.5 Å². The fourth-order valence-corrected chi connectivity index (χ4v) is 3.35. The summed E-state index contributed by atoms with van der Waals surface area (Å²) in [6.45, 7) is 3.81. The van der Waals surface area contributed by atoms with Crippen molar-refractivity contribution in [2.24, 2.45) is 5.73 Å². The summed E-state index contributed by atoms with van der Waals surface area (Å²) >= 11 is 0. The molecule has 1 aliphatic heterocycles. The topological polar surface area (TPSA) is 38.5 Å². The maximum absolute atomic E-state index is 6.24. The molecule has 0 amide bonds. The van der Waals surface area contributed by atoms with Crippen molar-refractivity contribution in [1.82, 2.24) is 4.90 Å². The van der Waals surface area contributed by atoms with Crippen molar-refractivity contribution in [3.05, 3.63) is 65.7 Å². The lowest BCUT2D eigenvalue weighted by atomic mass is 10.0. The first-order valence-corrected chi connectivity index (χ1v) is 9.06. The van der Waals surface area contributed by atoms with Crippen molar-refractivity contribution in [3.63, 3.8) is 0 Å². The van der Waals surface area contributed by atoms with E-state index < -0.39 is 0 Å². The van der Waals surface area contributed by atoms with E-state index in [0.29, 0.717) is 0 Å². The predicted molar refractivity (Wildman–Crippen MR) is 99.2 cm³/mol. The van der Waals surface area contributed by atoms with Gasteiger partial charge in [-0.05, 0) is 56.0 Å². The van der Waals surface area contributed by atoms with E-state index in [-0.39, 0.29) is 6.10 Å². The molecule has 0 saturated carbocycles. The maximum atomic E-state index is 6.24. The monoisotopic (exact) mass is 324 g/mol. The first kappa shape index (κ1) is 17.0. The number of fused-ring (bicyclic) bond motifs is 1. The number of hydrogen-bond donors (Lipinski definition) is 1. The van der Waals surface area contributed by atoms with Crippen molar-refractivity contribution in [3.8, 4) is 5.75 Å². The number of aryl methyl sites for hydroxylation is 1. The summed E-state index contributed by atoms with van der Waals surface area (Å²) in [5, 5.41) is 0. The Morgan fingerprint density at radius 3 is 2.62 bits per heavy atom. The van der Waals surface area contributed by atoms with Crippen LogP contribution in [-0.2, 0) is 13.0 Å². The Bertz CT molecular complexity index is 614. The molecule has 2 aromatic carbocycles. The van der Waals surface area contributed by atoms with Crippen LogP contribution in [0.5, 0.6) is 5.75 Å². The third-order valence-corrected chi connectivity index (χ3v) is 4.64. The highest BCUT2D eigenvalue weighted by Gasteiger charge is 2.21. The van der Waals surface area contributed by atoms with Gasteiger partial charge in [-0.3, -0.25) is 4.90 Å². The molecule has 1 heterocycles. The number of unbranched alkanes of at least 4 members (excludes halogenated alkanes) is 1. The third-order valence-electron chi connectivity index (χ3n) is 4.64. The van der Waals surface area contributed by atoms with Gasteiger partial charge in [0.05, 0.1) is 0 Å². The van der Waals surface area contributed by atoms with Crippen LogP contribution in [0.15, 0.2) is 54.6 Å². The third kappa shape index (κ3) is 4.83. The Labute approximate surface area is 145 Å². The van der Waals surface area contributed by atoms with Crippen LogP contribution >= 0.6 is 0 Å². The molecule has 1 atom stereocenters. The van der Waals surface area contributed by atoms with Gasteiger partial charge >= 0.3 is 0 Å². The summed E-state index contributed by atoms with van der Waals surface area (Å²) in [4.78, 5) is 2.52. The molecule has 0 radical (unpaired) electrons. The van der Waals surface area contributed by atoms with E-state index in [1.54, 1.807) is 0 Å². The van der Waals surface area contributed by atoms with Gasteiger partial charge in [0.1, 0.15) is 11.9 Å². The minimum Gasteiger partial charge on any atom is -0.489 e. The van der Waals surface area contributed by atoms with E-state index in [1.807, 2.05) is 0 Å². The van der Waals surface area contributed by atoms with Crippen LogP contribution in [0.4, 0.5) is 0 Å². The van der Waals surface area contributed by atoms with Crippen LogP contribution in [0.1, 0.15) is 30.4 Å². The molecule has 2 N–H and O–H groups in total. The standard InChI is InChI=1S/C21H28N2O/c22-14-6-7-15-23(16-18-8-2-1-3-9-18)17-20-13-12-19-10-4-5-11-21(19)24-20/h1-5,8-11,20H,6-7,12-17,22H2. The van der Waals surface area contributed by atoms with Crippen molar-refractivity contribution in [2.75, 3.05) is 19.6 Å².